The second-order valence-corrected chi connectivity index (χ2v) is 9.44. The molecule has 0 spiro atoms. The molecule has 0 saturated carbocycles. The first-order chi connectivity index (χ1) is 16.8. The van der Waals surface area contributed by atoms with Crippen LogP contribution in [0.5, 0.6) is 0 Å². The number of hydrogen-bond donors (Lipinski definition) is 2. The zero-order chi connectivity index (χ0) is 25.0. The highest BCUT2D eigenvalue weighted by Crippen LogP contribution is 2.44. The van der Waals surface area contributed by atoms with Gasteiger partial charge in [0.15, 0.2) is 5.54 Å². The smallest absolute Gasteiger partial charge is 0.407 e. The Labute approximate surface area is 205 Å². The predicted molar refractivity (Wildman–Crippen MR) is 130 cm³/mol. The number of aliphatic carboxylic acids is 1. The van der Waals surface area contributed by atoms with Crippen molar-refractivity contribution in [2.24, 2.45) is 5.92 Å². The molecule has 186 valence electrons. The summed E-state index contributed by atoms with van der Waals surface area (Å²) in [6, 6.07) is 16.3. The van der Waals surface area contributed by atoms with Crippen LogP contribution >= 0.6 is 0 Å². The van der Waals surface area contributed by atoms with Crippen LogP contribution in [0.15, 0.2) is 48.5 Å². The van der Waals surface area contributed by atoms with Crippen molar-refractivity contribution in [3.63, 3.8) is 0 Å². The van der Waals surface area contributed by atoms with Crippen LogP contribution in [0.4, 0.5) is 4.79 Å². The maximum Gasteiger partial charge on any atom is 0.407 e. The van der Waals surface area contributed by atoms with E-state index in [4.69, 9.17) is 9.47 Å². The minimum atomic E-state index is -1.30. The van der Waals surface area contributed by atoms with Gasteiger partial charge in [0.05, 0.1) is 6.61 Å². The molecule has 2 aromatic carbocycles. The zero-order valence-corrected chi connectivity index (χ0v) is 20.2. The largest absolute Gasteiger partial charge is 0.479 e. The molecular formula is C27H32N2O6. The summed E-state index contributed by atoms with van der Waals surface area (Å²) in [4.78, 5) is 38.1. The SMILES string of the molecule is CC(CCNC(=O)OCC1c2ccccc2-c2ccccc21)CC(=O)N(C)C1(C(=O)O)CCOC1. The molecule has 2 amide bonds. The monoisotopic (exact) mass is 480 g/mol. The van der Waals surface area contributed by atoms with Crippen LogP contribution in [0.1, 0.15) is 43.2 Å². The number of nitrogens with zero attached hydrogens (tertiary/aromatic N) is 1. The van der Waals surface area contributed by atoms with Crippen molar-refractivity contribution in [1.82, 2.24) is 10.2 Å². The van der Waals surface area contributed by atoms with Crippen molar-refractivity contribution in [2.75, 3.05) is 33.4 Å². The first-order valence-corrected chi connectivity index (χ1v) is 12.0. The normalized spacial score (nSPS) is 19.5. The number of likely N-dealkylation sites (N-methyl/N-ethyl adjacent to an activating group) is 1. The van der Waals surface area contributed by atoms with Crippen molar-refractivity contribution < 1.29 is 29.0 Å². The Morgan fingerprint density at radius 3 is 2.34 bits per heavy atom. The van der Waals surface area contributed by atoms with Gasteiger partial charge >= 0.3 is 12.1 Å². The van der Waals surface area contributed by atoms with Crippen LogP contribution in [0.3, 0.4) is 0 Å². The van der Waals surface area contributed by atoms with E-state index < -0.39 is 17.6 Å². The molecule has 2 unspecified atom stereocenters. The van der Waals surface area contributed by atoms with Gasteiger partial charge in [-0.15, -0.1) is 0 Å². The quantitative estimate of drug-likeness (QED) is 0.568. The van der Waals surface area contributed by atoms with Crippen LogP contribution in [0.25, 0.3) is 11.1 Å². The molecule has 1 fully saturated rings. The van der Waals surface area contributed by atoms with E-state index in [1.165, 1.54) is 23.1 Å². The van der Waals surface area contributed by atoms with Gasteiger partial charge in [-0.25, -0.2) is 9.59 Å². The number of carbonyl (C=O) groups is 3. The number of ether oxygens (including phenoxy) is 2. The van der Waals surface area contributed by atoms with E-state index in [-0.39, 0.29) is 43.8 Å². The van der Waals surface area contributed by atoms with E-state index in [1.54, 1.807) is 0 Å². The van der Waals surface area contributed by atoms with E-state index in [1.807, 2.05) is 31.2 Å². The van der Waals surface area contributed by atoms with Gasteiger partial charge in [0.25, 0.3) is 0 Å². The van der Waals surface area contributed by atoms with Crippen LogP contribution in [0, 0.1) is 5.92 Å². The summed E-state index contributed by atoms with van der Waals surface area (Å²) in [5.74, 6) is -1.32. The Hall–Kier alpha value is -3.39. The third kappa shape index (κ3) is 5.03. The average Bonchev–Trinajstić information content (AvgIpc) is 3.47. The van der Waals surface area contributed by atoms with Gasteiger partial charge in [-0.1, -0.05) is 55.5 Å². The highest BCUT2D eigenvalue weighted by Gasteiger charge is 2.48. The maximum absolute atomic E-state index is 12.7. The molecule has 0 bridgehead atoms. The molecule has 4 rings (SSSR count). The van der Waals surface area contributed by atoms with E-state index in [2.05, 4.69) is 29.6 Å². The summed E-state index contributed by atoms with van der Waals surface area (Å²) in [5, 5.41) is 12.4. The van der Waals surface area contributed by atoms with E-state index in [9.17, 15) is 19.5 Å². The molecule has 2 atom stereocenters. The van der Waals surface area contributed by atoms with Crippen molar-refractivity contribution in [2.45, 2.75) is 37.6 Å². The summed E-state index contributed by atoms with van der Waals surface area (Å²) >= 11 is 0. The summed E-state index contributed by atoms with van der Waals surface area (Å²) in [7, 11) is 1.52. The molecule has 1 saturated heterocycles. The zero-order valence-electron chi connectivity index (χ0n) is 20.2. The first kappa shape index (κ1) is 24.7. The van der Waals surface area contributed by atoms with E-state index >= 15 is 0 Å². The number of amides is 2. The Morgan fingerprint density at radius 2 is 1.77 bits per heavy atom. The fourth-order valence-electron chi connectivity index (χ4n) is 4.98. The van der Waals surface area contributed by atoms with Gasteiger partial charge in [0.1, 0.15) is 6.61 Å². The summed E-state index contributed by atoms with van der Waals surface area (Å²) in [5.41, 5.74) is 3.37. The molecule has 2 N–H and O–H groups in total. The second kappa shape index (κ2) is 10.5. The molecule has 1 heterocycles. The molecule has 1 aliphatic carbocycles. The maximum atomic E-state index is 12.7. The van der Waals surface area contributed by atoms with E-state index in [0.29, 0.717) is 19.6 Å². The number of carbonyl (C=O) groups excluding carboxylic acids is 2. The highest BCUT2D eigenvalue weighted by atomic mass is 16.5. The van der Waals surface area contributed by atoms with Crippen molar-refractivity contribution in [3.8, 4) is 11.1 Å². The molecular weight excluding hydrogens is 448 g/mol. The average molecular weight is 481 g/mol. The molecule has 0 aromatic heterocycles. The molecule has 2 aliphatic rings. The lowest BCUT2D eigenvalue weighted by molar-refractivity contribution is -0.158. The lowest BCUT2D eigenvalue weighted by Gasteiger charge is -2.34. The van der Waals surface area contributed by atoms with Gasteiger partial charge in [0, 0.05) is 39.0 Å². The van der Waals surface area contributed by atoms with Gasteiger partial charge in [-0.3, -0.25) is 4.79 Å². The van der Waals surface area contributed by atoms with Crippen LogP contribution < -0.4 is 5.32 Å². The lowest BCUT2D eigenvalue weighted by atomic mass is 9.95. The van der Waals surface area contributed by atoms with Gasteiger partial charge in [0.2, 0.25) is 5.91 Å². The molecule has 2 aromatic rings. The Bertz CT molecular complexity index is 1050. The Morgan fingerprint density at radius 1 is 1.14 bits per heavy atom. The number of benzene rings is 2. The van der Waals surface area contributed by atoms with Crippen molar-refractivity contribution >= 4 is 18.0 Å². The van der Waals surface area contributed by atoms with E-state index in [0.717, 1.165) is 11.1 Å². The predicted octanol–water partition coefficient (Wildman–Crippen LogP) is 3.64. The molecule has 1 aliphatic heterocycles. The standard InChI is InChI=1S/C27H32N2O6/c1-18(15-24(30)29(2)27(25(31)32)12-14-34-17-27)11-13-28-26(33)35-16-23-21-9-5-3-7-19(21)20-8-4-6-10-22(20)23/h3-10,18,23H,11-17H2,1-2H3,(H,28,33)(H,31,32). The second-order valence-electron chi connectivity index (χ2n) is 9.44. The number of nitrogens with one attached hydrogen (secondary N) is 1. The van der Waals surface area contributed by atoms with Crippen LogP contribution in [-0.4, -0.2) is 66.9 Å². The highest BCUT2D eigenvalue weighted by molar-refractivity contribution is 5.87. The van der Waals surface area contributed by atoms with Gasteiger partial charge in [-0.2, -0.15) is 0 Å². The Kier molecular flexibility index (Phi) is 7.40. The number of carboxylic acids is 1. The van der Waals surface area contributed by atoms with Gasteiger partial charge in [-0.05, 0) is 34.6 Å². The molecule has 35 heavy (non-hydrogen) atoms. The molecule has 8 heteroatoms. The van der Waals surface area contributed by atoms with Crippen LogP contribution in [-0.2, 0) is 19.1 Å². The number of rotatable bonds is 9. The summed E-state index contributed by atoms with van der Waals surface area (Å²) < 4.78 is 10.8. The third-order valence-electron chi connectivity index (χ3n) is 7.19. The first-order valence-electron chi connectivity index (χ1n) is 12.0. The number of hydrogen-bond acceptors (Lipinski definition) is 5. The number of alkyl carbamates (subject to hydrolysis) is 1. The van der Waals surface area contributed by atoms with Crippen LogP contribution in [0.2, 0.25) is 0 Å². The Balaban J connectivity index is 1.23. The minimum Gasteiger partial charge on any atom is -0.479 e. The summed E-state index contributed by atoms with van der Waals surface area (Å²) in [6.07, 6.45) is 0.552. The van der Waals surface area contributed by atoms with Crippen molar-refractivity contribution in [3.05, 3.63) is 59.7 Å². The fourth-order valence-corrected chi connectivity index (χ4v) is 4.98. The van der Waals surface area contributed by atoms with Gasteiger partial charge < -0.3 is 24.8 Å². The fraction of sp³-hybridized carbons (Fsp3) is 0.444. The number of carboxylic acid groups (broad SMARTS) is 1. The third-order valence-corrected chi connectivity index (χ3v) is 7.19. The molecule has 0 radical (unpaired) electrons. The summed E-state index contributed by atoms with van der Waals surface area (Å²) in [6.45, 7) is 2.84. The topological polar surface area (TPSA) is 105 Å². The lowest BCUT2D eigenvalue weighted by Crippen LogP contribution is -2.56. The minimum absolute atomic E-state index is 0.00125. The molecule has 8 nitrogen and oxygen atoms in total. The van der Waals surface area contributed by atoms with Crippen molar-refractivity contribution in [1.29, 1.82) is 0 Å². The number of fused-ring (bicyclic) bond motifs is 3.